The molecule has 1 unspecified atom stereocenters. The van der Waals surface area contributed by atoms with E-state index in [9.17, 15) is 13.2 Å². The van der Waals surface area contributed by atoms with Crippen LogP contribution in [0.5, 0.6) is 0 Å². The van der Waals surface area contributed by atoms with E-state index in [-0.39, 0.29) is 0 Å². The summed E-state index contributed by atoms with van der Waals surface area (Å²) in [5.74, 6) is 1.39. The highest BCUT2D eigenvalue weighted by Crippen LogP contribution is 2.23. The van der Waals surface area contributed by atoms with E-state index >= 15 is 0 Å². The maximum absolute atomic E-state index is 12.6. The number of rotatable bonds is 4. The summed E-state index contributed by atoms with van der Waals surface area (Å²) >= 11 is 0. The number of benzene rings is 1. The molecule has 1 aliphatic heterocycles. The zero-order chi connectivity index (χ0) is 17.2. The quantitative estimate of drug-likeness (QED) is 0.928. The molecule has 0 radical (unpaired) electrons. The first kappa shape index (κ1) is 16.9. The van der Waals surface area contributed by atoms with Gasteiger partial charge in [0.25, 0.3) is 0 Å². The largest absolute Gasteiger partial charge is 0.390 e. The van der Waals surface area contributed by atoms with Gasteiger partial charge in [0.05, 0.1) is 13.0 Å². The highest BCUT2D eigenvalue weighted by molar-refractivity contribution is 5.54. The predicted molar refractivity (Wildman–Crippen MR) is 84.2 cm³/mol. The summed E-state index contributed by atoms with van der Waals surface area (Å²) in [4.78, 5) is 6.51. The Hall–Kier alpha value is -1.93. The van der Waals surface area contributed by atoms with Crippen LogP contribution in [0.15, 0.2) is 30.3 Å². The molecule has 0 spiro atoms. The van der Waals surface area contributed by atoms with Gasteiger partial charge in [-0.2, -0.15) is 18.3 Å². The molecule has 0 amide bonds. The Morgan fingerprint density at radius 2 is 2.00 bits per heavy atom. The second-order valence-electron chi connectivity index (χ2n) is 6.05. The van der Waals surface area contributed by atoms with Gasteiger partial charge in [0, 0.05) is 38.3 Å². The van der Waals surface area contributed by atoms with E-state index in [1.807, 2.05) is 42.3 Å². The normalized spacial score (nSPS) is 19.6. The van der Waals surface area contributed by atoms with Crippen molar-refractivity contribution in [2.24, 2.45) is 7.05 Å². The van der Waals surface area contributed by atoms with Gasteiger partial charge in [0.2, 0.25) is 0 Å². The van der Waals surface area contributed by atoms with Crippen molar-refractivity contribution in [1.29, 1.82) is 0 Å². The number of halogens is 3. The highest BCUT2D eigenvalue weighted by atomic mass is 19.4. The van der Waals surface area contributed by atoms with Crippen LogP contribution in [-0.2, 0) is 13.6 Å². The number of aromatic nitrogens is 3. The zero-order valence-corrected chi connectivity index (χ0v) is 13.4. The molecule has 2 aromatic rings. The number of nitrogens with one attached hydrogen (secondary N) is 1. The number of hydrogen-bond donors (Lipinski definition) is 1. The van der Waals surface area contributed by atoms with E-state index in [1.165, 1.54) is 0 Å². The Labute approximate surface area is 138 Å². The summed E-state index contributed by atoms with van der Waals surface area (Å²) in [6.45, 7) is 2.03. The molecule has 1 aliphatic rings. The molecule has 130 valence electrons. The van der Waals surface area contributed by atoms with Crippen molar-refractivity contribution in [3.63, 3.8) is 0 Å². The number of piperazine rings is 1. The van der Waals surface area contributed by atoms with E-state index in [0.29, 0.717) is 32.0 Å². The van der Waals surface area contributed by atoms with Crippen molar-refractivity contribution < 1.29 is 13.2 Å². The maximum atomic E-state index is 12.6. The SMILES string of the molecule is Cn1nc(CN2CCNC(CC(F)(F)F)C2)nc1-c1ccccc1. The van der Waals surface area contributed by atoms with Gasteiger partial charge in [-0.3, -0.25) is 4.90 Å². The smallest absolute Gasteiger partial charge is 0.311 e. The zero-order valence-electron chi connectivity index (χ0n) is 13.4. The summed E-state index contributed by atoms with van der Waals surface area (Å²) in [6.07, 6.45) is -4.96. The third-order valence-corrected chi connectivity index (χ3v) is 4.02. The Balaban J connectivity index is 1.66. The van der Waals surface area contributed by atoms with E-state index < -0.39 is 18.6 Å². The lowest BCUT2D eigenvalue weighted by Crippen LogP contribution is -2.51. The van der Waals surface area contributed by atoms with Crippen LogP contribution < -0.4 is 5.32 Å². The van der Waals surface area contributed by atoms with Crippen LogP contribution >= 0.6 is 0 Å². The molecule has 1 aromatic heterocycles. The lowest BCUT2D eigenvalue weighted by Gasteiger charge is -2.33. The predicted octanol–water partition coefficient (Wildman–Crippen LogP) is 2.21. The Morgan fingerprint density at radius 3 is 2.71 bits per heavy atom. The first-order valence-corrected chi connectivity index (χ1v) is 7.88. The lowest BCUT2D eigenvalue weighted by atomic mass is 10.1. The first-order valence-electron chi connectivity index (χ1n) is 7.88. The molecule has 0 saturated carbocycles. The van der Waals surface area contributed by atoms with Crippen LogP contribution in [0.2, 0.25) is 0 Å². The van der Waals surface area contributed by atoms with Crippen molar-refractivity contribution >= 4 is 0 Å². The minimum atomic E-state index is -4.15. The van der Waals surface area contributed by atoms with Crippen LogP contribution in [-0.4, -0.2) is 51.5 Å². The first-order chi connectivity index (χ1) is 11.4. The fourth-order valence-corrected chi connectivity index (χ4v) is 3.00. The molecule has 0 aliphatic carbocycles. The Bertz CT molecular complexity index is 668. The number of nitrogens with zero attached hydrogens (tertiary/aromatic N) is 4. The third kappa shape index (κ3) is 4.33. The van der Waals surface area contributed by atoms with Crippen LogP contribution in [0.3, 0.4) is 0 Å². The molecule has 3 rings (SSSR count). The molecular formula is C16H20F3N5. The van der Waals surface area contributed by atoms with E-state index in [1.54, 1.807) is 4.68 Å². The molecule has 1 fully saturated rings. The standard InChI is InChI=1S/C16H20F3N5/c1-23-15(12-5-3-2-4-6-12)21-14(22-23)11-24-8-7-20-13(10-24)9-16(17,18)19/h2-6,13,20H,7-11H2,1H3. The van der Waals surface area contributed by atoms with Crippen molar-refractivity contribution in [2.45, 2.75) is 25.2 Å². The van der Waals surface area contributed by atoms with Crippen LogP contribution in [0, 0.1) is 0 Å². The van der Waals surface area contributed by atoms with Crippen LogP contribution in [0.1, 0.15) is 12.2 Å². The van der Waals surface area contributed by atoms with Gasteiger partial charge < -0.3 is 5.32 Å². The molecule has 1 saturated heterocycles. The topological polar surface area (TPSA) is 46.0 Å². The fraction of sp³-hybridized carbons (Fsp3) is 0.500. The van der Waals surface area contributed by atoms with Crippen molar-refractivity contribution in [3.05, 3.63) is 36.2 Å². The monoisotopic (exact) mass is 339 g/mol. The molecule has 24 heavy (non-hydrogen) atoms. The summed E-state index contributed by atoms with van der Waals surface area (Å²) in [5.41, 5.74) is 0.967. The van der Waals surface area contributed by atoms with Gasteiger partial charge in [0.15, 0.2) is 11.6 Å². The minimum Gasteiger partial charge on any atom is -0.311 e. The highest BCUT2D eigenvalue weighted by Gasteiger charge is 2.34. The van der Waals surface area contributed by atoms with Crippen molar-refractivity contribution in [2.75, 3.05) is 19.6 Å². The number of alkyl halides is 3. The Morgan fingerprint density at radius 1 is 1.25 bits per heavy atom. The van der Waals surface area contributed by atoms with Gasteiger partial charge >= 0.3 is 6.18 Å². The molecule has 1 atom stereocenters. The molecular weight excluding hydrogens is 319 g/mol. The second-order valence-corrected chi connectivity index (χ2v) is 6.05. The summed E-state index contributed by atoms with van der Waals surface area (Å²) in [7, 11) is 1.82. The minimum absolute atomic E-state index is 0.346. The molecule has 2 heterocycles. The van der Waals surface area contributed by atoms with Gasteiger partial charge in [-0.25, -0.2) is 9.67 Å². The second kappa shape index (κ2) is 6.90. The molecule has 5 nitrogen and oxygen atoms in total. The summed E-state index contributed by atoms with van der Waals surface area (Å²) < 4.78 is 39.4. The van der Waals surface area contributed by atoms with Gasteiger partial charge in [-0.1, -0.05) is 30.3 Å². The van der Waals surface area contributed by atoms with Crippen molar-refractivity contribution in [3.8, 4) is 11.4 Å². The van der Waals surface area contributed by atoms with Gasteiger partial charge in [0.1, 0.15) is 0 Å². The number of aryl methyl sites for hydroxylation is 1. The van der Waals surface area contributed by atoms with Gasteiger partial charge in [-0.05, 0) is 0 Å². The average Bonchev–Trinajstić information content (AvgIpc) is 2.87. The van der Waals surface area contributed by atoms with E-state index in [0.717, 1.165) is 11.4 Å². The van der Waals surface area contributed by atoms with Gasteiger partial charge in [-0.15, -0.1) is 0 Å². The summed E-state index contributed by atoms with van der Waals surface area (Å²) in [5, 5.41) is 7.33. The van der Waals surface area contributed by atoms with E-state index in [4.69, 9.17) is 0 Å². The molecule has 1 N–H and O–H groups in total. The van der Waals surface area contributed by atoms with E-state index in [2.05, 4.69) is 15.4 Å². The Kier molecular flexibility index (Phi) is 4.86. The third-order valence-electron chi connectivity index (χ3n) is 4.02. The molecule has 8 heteroatoms. The van der Waals surface area contributed by atoms with Crippen LogP contribution in [0.25, 0.3) is 11.4 Å². The maximum Gasteiger partial charge on any atom is 0.390 e. The number of hydrogen-bond acceptors (Lipinski definition) is 4. The fourth-order valence-electron chi connectivity index (χ4n) is 3.00. The molecule has 0 bridgehead atoms. The average molecular weight is 339 g/mol. The summed E-state index contributed by atoms with van der Waals surface area (Å²) in [6, 6.07) is 9.14. The lowest BCUT2D eigenvalue weighted by molar-refractivity contribution is -0.142. The molecule has 1 aromatic carbocycles. The van der Waals surface area contributed by atoms with Crippen molar-refractivity contribution in [1.82, 2.24) is 25.0 Å². The van der Waals surface area contributed by atoms with Crippen LogP contribution in [0.4, 0.5) is 13.2 Å².